The van der Waals surface area contributed by atoms with Crippen molar-refractivity contribution in [2.75, 3.05) is 12.8 Å². The van der Waals surface area contributed by atoms with E-state index in [-0.39, 0.29) is 0 Å². The maximum atomic E-state index is 5.93. The van der Waals surface area contributed by atoms with E-state index < -0.39 is 0 Å². The van der Waals surface area contributed by atoms with Crippen molar-refractivity contribution in [1.82, 2.24) is 0 Å². The van der Waals surface area contributed by atoms with Crippen molar-refractivity contribution in [2.24, 2.45) is 0 Å². The second-order valence-electron chi connectivity index (χ2n) is 4.38. The van der Waals surface area contributed by atoms with Crippen molar-refractivity contribution in [3.8, 4) is 16.9 Å². The molecule has 0 aromatic heterocycles. The van der Waals surface area contributed by atoms with E-state index in [1.165, 1.54) is 0 Å². The minimum Gasteiger partial charge on any atom is -0.496 e. The monoisotopic (exact) mass is 261 g/mol. The molecule has 0 amide bonds. The van der Waals surface area contributed by atoms with Gasteiger partial charge in [-0.1, -0.05) is 17.7 Å². The largest absolute Gasteiger partial charge is 0.496 e. The van der Waals surface area contributed by atoms with Gasteiger partial charge in [0.05, 0.1) is 17.8 Å². The summed E-state index contributed by atoms with van der Waals surface area (Å²) in [5.74, 6) is 0.931. The molecule has 0 atom stereocenters. The molecule has 2 rings (SSSR count). The van der Waals surface area contributed by atoms with Gasteiger partial charge in [0.15, 0.2) is 0 Å². The molecule has 18 heavy (non-hydrogen) atoms. The Morgan fingerprint density at radius 3 is 2.11 bits per heavy atom. The lowest BCUT2D eigenvalue weighted by molar-refractivity contribution is 0.408. The number of nitrogens with two attached hydrogens (primary N) is 1. The molecule has 0 saturated carbocycles. The minimum atomic E-state index is 0.584. The molecule has 0 heterocycles. The molecular weight excluding hydrogens is 246 g/mol. The minimum absolute atomic E-state index is 0.584. The molecule has 0 spiro atoms. The highest BCUT2D eigenvalue weighted by atomic mass is 35.5. The van der Waals surface area contributed by atoms with Gasteiger partial charge in [0, 0.05) is 0 Å². The van der Waals surface area contributed by atoms with Crippen LogP contribution in [0.1, 0.15) is 11.1 Å². The third kappa shape index (κ3) is 2.29. The van der Waals surface area contributed by atoms with Gasteiger partial charge in [0.2, 0.25) is 0 Å². The topological polar surface area (TPSA) is 35.2 Å². The molecule has 0 saturated heterocycles. The summed E-state index contributed by atoms with van der Waals surface area (Å²) in [5.41, 5.74) is 10.8. The number of ether oxygens (including phenoxy) is 1. The first-order valence-electron chi connectivity index (χ1n) is 5.73. The van der Waals surface area contributed by atoms with E-state index in [2.05, 4.69) is 12.1 Å². The van der Waals surface area contributed by atoms with Crippen molar-refractivity contribution in [2.45, 2.75) is 13.8 Å². The Kier molecular flexibility index (Phi) is 3.48. The van der Waals surface area contributed by atoms with Gasteiger partial charge in [-0.15, -0.1) is 0 Å². The Bertz CT molecular complexity index is 570. The van der Waals surface area contributed by atoms with Gasteiger partial charge in [-0.05, 0) is 60.4 Å². The molecule has 0 unspecified atom stereocenters. The van der Waals surface area contributed by atoms with Gasteiger partial charge in [0.25, 0.3) is 0 Å². The van der Waals surface area contributed by atoms with Crippen molar-refractivity contribution in [3.63, 3.8) is 0 Å². The average Bonchev–Trinajstić information content (AvgIpc) is 2.32. The number of benzene rings is 2. The highest BCUT2D eigenvalue weighted by Gasteiger charge is 2.07. The second-order valence-corrected chi connectivity index (χ2v) is 4.79. The average molecular weight is 262 g/mol. The first-order valence-corrected chi connectivity index (χ1v) is 6.11. The predicted octanol–water partition coefficient (Wildman–Crippen LogP) is 4.21. The summed E-state index contributed by atoms with van der Waals surface area (Å²) >= 11 is 5.93. The zero-order valence-electron chi connectivity index (χ0n) is 10.8. The number of hydrogen-bond donors (Lipinski definition) is 1. The molecule has 0 radical (unpaired) electrons. The standard InChI is InChI=1S/C15H16ClNO/c1-9-6-12(7-10(2)15(9)18-3)11-4-5-13(16)14(17)8-11/h4-8H,17H2,1-3H3. The van der Waals surface area contributed by atoms with Crippen LogP contribution in [-0.4, -0.2) is 7.11 Å². The number of hydrogen-bond acceptors (Lipinski definition) is 2. The fourth-order valence-corrected chi connectivity index (χ4v) is 2.28. The van der Waals surface area contributed by atoms with E-state index in [1.54, 1.807) is 7.11 Å². The first-order chi connectivity index (χ1) is 8.52. The zero-order chi connectivity index (χ0) is 13.3. The highest BCUT2D eigenvalue weighted by molar-refractivity contribution is 6.33. The molecular formula is C15H16ClNO. The summed E-state index contributed by atoms with van der Waals surface area (Å²) in [6, 6.07) is 9.87. The number of anilines is 1. The lowest BCUT2D eigenvalue weighted by Gasteiger charge is -2.12. The Labute approximate surface area is 112 Å². The molecule has 2 aromatic rings. The molecule has 0 fully saturated rings. The van der Waals surface area contributed by atoms with E-state index in [4.69, 9.17) is 22.1 Å². The number of rotatable bonds is 2. The Balaban J connectivity index is 2.54. The number of nitrogen functional groups attached to an aromatic ring is 1. The van der Waals surface area contributed by atoms with Gasteiger partial charge in [-0.2, -0.15) is 0 Å². The summed E-state index contributed by atoms with van der Waals surface area (Å²) in [5, 5.41) is 0.584. The van der Waals surface area contributed by atoms with Crippen LogP contribution in [0.3, 0.4) is 0 Å². The van der Waals surface area contributed by atoms with Crippen LogP contribution >= 0.6 is 11.6 Å². The van der Waals surface area contributed by atoms with Crippen molar-refractivity contribution >= 4 is 17.3 Å². The summed E-state index contributed by atoms with van der Waals surface area (Å²) in [6.45, 7) is 4.07. The maximum Gasteiger partial charge on any atom is 0.124 e. The molecule has 2 N–H and O–H groups in total. The van der Waals surface area contributed by atoms with Crippen LogP contribution < -0.4 is 10.5 Å². The normalized spacial score (nSPS) is 10.4. The fourth-order valence-electron chi connectivity index (χ4n) is 2.16. The van der Waals surface area contributed by atoms with Crippen LogP contribution in [0, 0.1) is 13.8 Å². The van der Waals surface area contributed by atoms with Crippen LogP contribution in [0.15, 0.2) is 30.3 Å². The second kappa shape index (κ2) is 4.91. The molecule has 0 aliphatic carbocycles. The Morgan fingerprint density at radius 1 is 1.00 bits per heavy atom. The SMILES string of the molecule is COc1c(C)cc(-c2ccc(Cl)c(N)c2)cc1C. The Hall–Kier alpha value is -1.67. The van der Waals surface area contributed by atoms with Crippen molar-refractivity contribution in [1.29, 1.82) is 0 Å². The predicted molar refractivity (Wildman–Crippen MR) is 77.3 cm³/mol. The molecule has 0 bridgehead atoms. The molecule has 0 aliphatic heterocycles. The molecule has 2 nitrogen and oxygen atoms in total. The lowest BCUT2D eigenvalue weighted by Crippen LogP contribution is -1.93. The van der Waals surface area contributed by atoms with Gasteiger partial charge in [0.1, 0.15) is 5.75 Å². The van der Waals surface area contributed by atoms with Crippen molar-refractivity contribution in [3.05, 3.63) is 46.5 Å². The number of aryl methyl sites for hydroxylation is 2. The van der Waals surface area contributed by atoms with Crippen LogP contribution in [0.2, 0.25) is 5.02 Å². The number of methoxy groups -OCH3 is 1. The maximum absolute atomic E-state index is 5.93. The van der Waals surface area contributed by atoms with Crippen molar-refractivity contribution < 1.29 is 4.74 Å². The molecule has 94 valence electrons. The highest BCUT2D eigenvalue weighted by Crippen LogP contribution is 2.32. The third-order valence-electron chi connectivity index (χ3n) is 2.99. The number of halogens is 1. The summed E-state index contributed by atoms with van der Waals surface area (Å²) < 4.78 is 5.36. The van der Waals surface area contributed by atoms with E-state index >= 15 is 0 Å². The lowest BCUT2D eigenvalue weighted by atomic mass is 9.99. The van der Waals surface area contributed by atoms with E-state index in [1.807, 2.05) is 32.0 Å². The smallest absolute Gasteiger partial charge is 0.124 e. The van der Waals surface area contributed by atoms with Crippen LogP contribution in [0.25, 0.3) is 11.1 Å². The molecule has 2 aromatic carbocycles. The van der Waals surface area contributed by atoms with Crippen LogP contribution in [0.4, 0.5) is 5.69 Å². The van der Waals surface area contributed by atoms with Gasteiger partial charge >= 0.3 is 0 Å². The molecule has 0 aliphatic rings. The first kappa shape index (κ1) is 12.8. The van der Waals surface area contributed by atoms with E-state index in [0.717, 1.165) is 28.0 Å². The third-order valence-corrected chi connectivity index (χ3v) is 3.34. The summed E-state index contributed by atoms with van der Waals surface area (Å²) in [7, 11) is 1.69. The summed E-state index contributed by atoms with van der Waals surface area (Å²) in [6.07, 6.45) is 0. The van der Waals surface area contributed by atoms with E-state index in [9.17, 15) is 0 Å². The Morgan fingerprint density at radius 2 is 1.61 bits per heavy atom. The van der Waals surface area contributed by atoms with Gasteiger partial charge < -0.3 is 10.5 Å². The van der Waals surface area contributed by atoms with E-state index in [0.29, 0.717) is 10.7 Å². The van der Waals surface area contributed by atoms with Gasteiger partial charge in [-0.25, -0.2) is 0 Å². The van der Waals surface area contributed by atoms with Gasteiger partial charge in [-0.3, -0.25) is 0 Å². The molecule has 3 heteroatoms. The summed E-state index contributed by atoms with van der Waals surface area (Å²) in [4.78, 5) is 0. The fraction of sp³-hybridized carbons (Fsp3) is 0.200. The quantitative estimate of drug-likeness (QED) is 0.822. The van der Waals surface area contributed by atoms with Crippen LogP contribution in [-0.2, 0) is 0 Å². The van der Waals surface area contributed by atoms with Crippen LogP contribution in [0.5, 0.6) is 5.75 Å². The zero-order valence-corrected chi connectivity index (χ0v) is 11.5.